The van der Waals surface area contributed by atoms with Crippen LogP contribution < -0.4 is 0 Å². The Balaban J connectivity index is 4.90. The van der Waals surface area contributed by atoms with Crippen LogP contribution in [0.5, 0.6) is 0 Å². The maximum Gasteiger partial charge on any atom is 0.500 e. The predicted molar refractivity (Wildman–Crippen MR) is 137 cm³/mol. The molecule has 0 aromatic rings. The molecular weight excluding hydrogens is 440 g/mol. The molecule has 0 radical (unpaired) electrons. The zero-order valence-corrected chi connectivity index (χ0v) is 25.1. The SMILES string of the molecule is CO[Si](CCCCC(CCCC[Si](OC)(OC)OC)CC(C)(C)CC(C)(C)C)(OC)OC. The van der Waals surface area contributed by atoms with E-state index >= 15 is 0 Å². The van der Waals surface area contributed by atoms with Crippen LogP contribution in [-0.2, 0) is 26.6 Å². The van der Waals surface area contributed by atoms with E-state index in [1.807, 2.05) is 0 Å². The lowest BCUT2D eigenvalue weighted by atomic mass is 9.70. The summed E-state index contributed by atoms with van der Waals surface area (Å²) in [7, 11) is 5.23. The van der Waals surface area contributed by atoms with Crippen molar-refractivity contribution in [3.8, 4) is 0 Å². The first kappa shape index (κ1) is 32.2. The summed E-state index contributed by atoms with van der Waals surface area (Å²) >= 11 is 0. The Morgan fingerprint density at radius 1 is 0.562 bits per heavy atom. The Morgan fingerprint density at radius 3 is 1.19 bits per heavy atom. The van der Waals surface area contributed by atoms with Gasteiger partial charge in [0.15, 0.2) is 0 Å². The fourth-order valence-electron chi connectivity index (χ4n) is 5.30. The van der Waals surface area contributed by atoms with E-state index < -0.39 is 17.6 Å². The van der Waals surface area contributed by atoms with Crippen LogP contribution in [0.4, 0.5) is 0 Å². The first-order chi connectivity index (χ1) is 14.9. The summed E-state index contributed by atoms with van der Waals surface area (Å²) in [6.45, 7) is 11.9. The first-order valence-corrected chi connectivity index (χ1v) is 16.0. The molecule has 0 atom stereocenters. The van der Waals surface area contributed by atoms with Gasteiger partial charge in [-0.15, -0.1) is 0 Å². The highest BCUT2D eigenvalue weighted by molar-refractivity contribution is 6.60. The molecule has 0 heterocycles. The van der Waals surface area contributed by atoms with Gasteiger partial charge < -0.3 is 26.6 Å². The summed E-state index contributed by atoms with van der Waals surface area (Å²) in [6, 6.07) is 1.75. The van der Waals surface area contributed by atoms with E-state index in [0.29, 0.717) is 16.7 Å². The van der Waals surface area contributed by atoms with Gasteiger partial charge in [-0.1, -0.05) is 60.3 Å². The summed E-state index contributed by atoms with van der Waals surface area (Å²) in [5.74, 6) is 0.708. The Bertz CT molecular complexity index is 429. The second-order valence-electron chi connectivity index (χ2n) is 11.1. The Kier molecular flexibility index (Phi) is 15.3. The van der Waals surface area contributed by atoms with Crippen LogP contribution in [0.25, 0.3) is 0 Å². The third-order valence-electron chi connectivity index (χ3n) is 6.41. The summed E-state index contributed by atoms with van der Waals surface area (Å²) in [4.78, 5) is 0. The molecule has 8 heteroatoms. The molecule has 6 nitrogen and oxygen atoms in total. The normalized spacial score (nSPS) is 13.9. The molecule has 0 unspecified atom stereocenters. The van der Waals surface area contributed by atoms with E-state index in [2.05, 4.69) is 34.6 Å². The van der Waals surface area contributed by atoms with Gasteiger partial charge in [0.2, 0.25) is 0 Å². The van der Waals surface area contributed by atoms with Gasteiger partial charge in [-0.25, -0.2) is 0 Å². The van der Waals surface area contributed by atoms with E-state index in [0.717, 1.165) is 24.9 Å². The highest BCUT2D eigenvalue weighted by atomic mass is 28.4. The fraction of sp³-hybridized carbons (Fsp3) is 1.00. The van der Waals surface area contributed by atoms with Gasteiger partial charge in [0.1, 0.15) is 0 Å². The van der Waals surface area contributed by atoms with Crippen molar-refractivity contribution in [2.75, 3.05) is 42.7 Å². The molecule has 32 heavy (non-hydrogen) atoms. The summed E-state index contributed by atoms with van der Waals surface area (Å²) in [5.41, 5.74) is 0.673. The minimum absolute atomic E-state index is 0.330. The van der Waals surface area contributed by atoms with E-state index in [-0.39, 0.29) is 0 Å². The molecule has 0 bridgehead atoms. The van der Waals surface area contributed by atoms with Gasteiger partial charge in [-0.3, -0.25) is 0 Å². The monoisotopic (exact) mass is 494 g/mol. The van der Waals surface area contributed by atoms with Gasteiger partial charge in [0.25, 0.3) is 0 Å². The largest absolute Gasteiger partial charge is 0.500 e. The Morgan fingerprint density at radius 2 is 0.906 bits per heavy atom. The minimum atomic E-state index is -2.47. The molecule has 0 rings (SSSR count). The third kappa shape index (κ3) is 12.6. The molecule has 0 aromatic carbocycles. The molecule has 194 valence electrons. The highest BCUT2D eigenvalue weighted by Gasteiger charge is 2.38. The Hall–Kier alpha value is 0.194. The average Bonchev–Trinajstić information content (AvgIpc) is 2.73. The van der Waals surface area contributed by atoms with Gasteiger partial charge in [-0.2, -0.15) is 0 Å². The second kappa shape index (κ2) is 15.2. The molecule has 0 fully saturated rings. The lowest BCUT2D eigenvalue weighted by molar-refractivity contribution is 0.121. The lowest BCUT2D eigenvalue weighted by Gasteiger charge is -2.35. The zero-order valence-electron chi connectivity index (χ0n) is 23.1. The van der Waals surface area contributed by atoms with Gasteiger partial charge >= 0.3 is 17.6 Å². The van der Waals surface area contributed by atoms with E-state index in [9.17, 15) is 0 Å². The summed E-state index contributed by atoms with van der Waals surface area (Å²) in [6.07, 6.45) is 9.45. The van der Waals surface area contributed by atoms with Crippen LogP contribution in [0.3, 0.4) is 0 Å². The third-order valence-corrected chi connectivity index (χ3v) is 12.1. The Labute approximate surface area is 201 Å². The van der Waals surface area contributed by atoms with Crippen LogP contribution in [-0.4, -0.2) is 60.3 Å². The molecule has 0 aliphatic heterocycles. The van der Waals surface area contributed by atoms with E-state index in [4.69, 9.17) is 26.6 Å². The molecule has 0 spiro atoms. The van der Waals surface area contributed by atoms with Crippen LogP contribution in [0.2, 0.25) is 12.1 Å². The maximum atomic E-state index is 5.58. The highest BCUT2D eigenvalue weighted by Crippen LogP contribution is 2.40. The van der Waals surface area contributed by atoms with Crippen molar-refractivity contribution in [1.82, 2.24) is 0 Å². The standard InChI is InChI=1S/C24H54O6Si2/c1-23(2,3)21-24(4,5)20-22(16-12-14-18-31(25-6,26-7)27-8)17-13-15-19-32(28-9,29-10)30-11/h22H,12-21H2,1-11H3. The molecule has 0 aliphatic rings. The summed E-state index contributed by atoms with van der Waals surface area (Å²) < 4.78 is 33.5. The van der Waals surface area contributed by atoms with Gasteiger partial charge in [0, 0.05) is 54.7 Å². The molecule has 0 aliphatic carbocycles. The van der Waals surface area contributed by atoms with Gasteiger partial charge in [-0.05, 0) is 42.4 Å². The first-order valence-electron chi connectivity index (χ1n) is 12.2. The molecule has 0 saturated heterocycles. The molecule has 0 saturated carbocycles. The minimum Gasteiger partial charge on any atom is -0.377 e. The number of hydrogen-bond acceptors (Lipinski definition) is 6. The van der Waals surface area contributed by atoms with Gasteiger partial charge in [0.05, 0.1) is 0 Å². The molecule has 0 N–H and O–H groups in total. The second-order valence-corrected chi connectivity index (χ2v) is 17.2. The maximum absolute atomic E-state index is 5.58. The number of rotatable bonds is 19. The van der Waals surface area contributed by atoms with E-state index in [1.165, 1.54) is 38.5 Å². The van der Waals surface area contributed by atoms with Crippen LogP contribution in [0, 0.1) is 16.7 Å². The zero-order chi connectivity index (χ0) is 24.9. The van der Waals surface area contributed by atoms with Crippen molar-refractivity contribution in [3.63, 3.8) is 0 Å². The molecule has 0 amide bonds. The topological polar surface area (TPSA) is 55.4 Å². The van der Waals surface area contributed by atoms with E-state index in [1.54, 1.807) is 42.7 Å². The van der Waals surface area contributed by atoms with Crippen molar-refractivity contribution in [3.05, 3.63) is 0 Å². The molecule has 0 aromatic heterocycles. The van der Waals surface area contributed by atoms with Crippen LogP contribution >= 0.6 is 0 Å². The quantitative estimate of drug-likeness (QED) is 0.150. The lowest BCUT2D eigenvalue weighted by Crippen LogP contribution is -2.42. The number of unbranched alkanes of at least 4 members (excludes halogenated alkanes) is 2. The number of hydrogen-bond donors (Lipinski definition) is 0. The van der Waals surface area contributed by atoms with Crippen LogP contribution in [0.1, 0.15) is 86.0 Å². The van der Waals surface area contributed by atoms with Crippen molar-refractivity contribution >= 4 is 17.6 Å². The van der Waals surface area contributed by atoms with Crippen molar-refractivity contribution in [1.29, 1.82) is 0 Å². The molecular formula is C24H54O6Si2. The average molecular weight is 495 g/mol. The van der Waals surface area contributed by atoms with Crippen molar-refractivity contribution in [2.45, 2.75) is 98.1 Å². The predicted octanol–water partition coefficient (Wildman–Crippen LogP) is 6.55. The fourth-order valence-corrected chi connectivity index (χ4v) is 8.89. The van der Waals surface area contributed by atoms with Crippen molar-refractivity contribution in [2.24, 2.45) is 16.7 Å². The van der Waals surface area contributed by atoms with Crippen molar-refractivity contribution < 1.29 is 26.6 Å². The smallest absolute Gasteiger partial charge is 0.377 e. The van der Waals surface area contributed by atoms with Crippen LogP contribution in [0.15, 0.2) is 0 Å². The summed E-state index contributed by atoms with van der Waals surface area (Å²) in [5, 5.41) is 0.